The summed E-state index contributed by atoms with van der Waals surface area (Å²) in [6.45, 7) is 29.7. The van der Waals surface area contributed by atoms with Gasteiger partial charge in [0.2, 0.25) is 0 Å². The molecule has 0 aromatic carbocycles. The van der Waals surface area contributed by atoms with Crippen molar-refractivity contribution < 1.29 is 9.53 Å². The molecule has 0 atom stereocenters. The number of allylic oxidation sites excluding steroid dienone is 4. The minimum Gasteiger partial charge on any atom is -0.457 e. The SMILES string of the molecule is C=CC.C=CC.C=CC.C=CC.C=CC(=O)OC(C)(C)C. The van der Waals surface area contributed by atoms with Crippen molar-refractivity contribution in [3.63, 3.8) is 0 Å². The summed E-state index contributed by atoms with van der Waals surface area (Å²) < 4.78 is 4.83. The van der Waals surface area contributed by atoms with Crippen LogP contribution in [0.25, 0.3) is 0 Å². The fourth-order valence-electron chi connectivity index (χ4n) is 0.343. The second-order valence-electron chi connectivity index (χ2n) is 4.37. The average molecular weight is 296 g/mol. The summed E-state index contributed by atoms with van der Waals surface area (Å²) in [5, 5.41) is 0. The number of carbonyl (C=O) groups is 1. The van der Waals surface area contributed by atoms with Gasteiger partial charge in [-0.3, -0.25) is 0 Å². The Morgan fingerprint density at radius 2 is 0.952 bits per heavy atom. The van der Waals surface area contributed by atoms with Crippen molar-refractivity contribution in [2.45, 2.75) is 54.1 Å². The second-order valence-corrected chi connectivity index (χ2v) is 4.37. The summed E-state index contributed by atoms with van der Waals surface area (Å²) in [5.74, 6) is -0.373. The molecule has 0 amide bonds. The van der Waals surface area contributed by atoms with Crippen LogP contribution < -0.4 is 0 Å². The van der Waals surface area contributed by atoms with Gasteiger partial charge in [-0.05, 0) is 48.5 Å². The third-order valence-corrected chi connectivity index (χ3v) is 0.573. The molecule has 0 rings (SSSR count). The molecular formula is C19H36O2. The van der Waals surface area contributed by atoms with Crippen LogP contribution in [0.5, 0.6) is 0 Å². The number of ether oxygens (including phenoxy) is 1. The summed E-state index contributed by atoms with van der Waals surface area (Å²) in [6.07, 6.45) is 8.16. The Labute approximate surface area is 133 Å². The lowest BCUT2D eigenvalue weighted by Gasteiger charge is -2.17. The first-order valence-corrected chi connectivity index (χ1v) is 6.75. The van der Waals surface area contributed by atoms with Gasteiger partial charge in [0.25, 0.3) is 0 Å². The Morgan fingerprint density at radius 3 is 1.00 bits per heavy atom. The van der Waals surface area contributed by atoms with Gasteiger partial charge >= 0.3 is 5.97 Å². The number of hydrogen-bond acceptors (Lipinski definition) is 2. The highest BCUT2D eigenvalue weighted by Crippen LogP contribution is 2.06. The fraction of sp³-hybridized carbons (Fsp3) is 0.421. The van der Waals surface area contributed by atoms with Gasteiger partial charge < -0.3 is 4.74 Å². The Morgan fingerprint density at radius 1 is 0.762 bits per heavy atom. The summed E-state index contributed by atoms with van der Waals surface area (Å²) in [7, 11) is 0. The molecule has 0 fully saturated rings. The number of esters is 1. The Hall–Kier alpha value is -1.83. The first-order valence-electron chi connectivity index (χ1n) is 6.75. The van der Waals surface area contributed by atoms with Gasteiger partial charge in [-0.15, -0.1) is 26.3 Å². The van der Waals surface area contributed by atoms with Crippen LogP contribution in [0.2, 0.25) is 0 Å². The van der Waals surface area contributed by atoms with Crippen LogP contribution in [0.1, 0.15) is 48.5 Å². The monoisotopic (exact) mass is 296 g/mol. The maximum atomic E-state index is 10.5. The molecule has 2 heteroatoms. The minimum atomic E-state index is -0.398. The average Bonchev–Trinajstić information content (AvgIpc) is 2.31. The topological polar surface area (TPSA) is 26.3 Å². The maximum absolute atomic E-state index is 10.5. The Bertz CT molecular complexity index is 231. The van der Waals surface area contributed by atoms with E-state index in [1.807, 2.05) is 48.5 Å². The predicted octanol–water partition coefficient (Wildman–Crippen LogP) is 6.28. The molecule has 0 unspecified atom stereocenters. The summed E-state index contributed by atoms with van der Waals surface area (Å²) >= 11 is 0. The van der Waals surface area contributed by atoms with Crippen LogP contribution in [0, 0.1) is 0 Å². The first kappa shape index (κ1) is 31.5. The number of carbonyl (C=O) groups excluding carboxylic acids is 1. The lowest BCUT2D eigenvalue weighted by Crippen LogP contribution is -2.22. The van der Waals surface area contributed by atoms with E-state index in [0.717, 1.165) is 6.08 Å². The maximum Gasteiger partial charge on any atom is 0.330 e. The van der Waals surface area contributed by atoms with E-state index in [2.05, 4.69) is 32.9 Å². The minimum absolute atomic E-state index is 0.373. The van der Waals surface area contributed by atoms with Crippen molar-refractivity contribution in [3.8, 4) is 0 Å². The van der Waals surface area contributed by atoms with E-state index in [-0.39, 0.29) is 5.97 Å². The summed E-state index contributed by atoms with van der Waals surface area (Å²) in [4.78, 5) is 10.5. The molecule has 0 saturated heterocycles. The highest BCUT2D eigenvalue weighted by atomic mass is 16.6. The van der Waals surface area contributed by atoms with Crippen molar-refractivity contribution in [1.29, 1.82) is 0 Å². The molecule has 0 aliphatic carbocycles. The zero-order valence-corrected chi connectivity index (χ0v) is 15.2. The molecule has 0 aliphatic heterocycles. The molecule has 0 radical (unpaired) electrons. The molecule has 0 aliphatic rings. The Balaban J connectivity index is -0.0000000593. The largest absolute Gasteiger partial charge is 0.457 e. The summed E-state index contributed by atoms with van der Waals surface area (Å²) in [6, 6.07) is 0. The zero-order chi connectivity index (χ0) is 18.3. The number of hydrogen-bond donors (Lipinski definition) is 0. The predicted molar refractivity (Wildman–Crippen MR) is 99.5 cm³/mol. The smallest absolute Gasteiger partial charge is 0.330 e. The van der Waals surface area contributed by atoms with Crippen LogP contribution in [0.15, 0.2) is 63.3 Å². The number of rotatable bonds is 1. The standard InChI is InChI=1S/C7H12O2.4C3H6/c1-5-6(8)9-7(2,3)4;4*1-3-2/h5H,1H2,2-4H3;4*3H,1H2,2H3. The van der Waals surface area contributed by atoms with Crippen molar-refractivity contribution in [3.05, 3.63) is 63.3 Å². The third-order valence-electron chi connectivity index (χ3n) is 0.573. The quantitative estimate of drug-likeness (QED) is 0.323. The molecule has 0 aromatic heterocycles. The van der Waals surface area contributed by atoms with Crippen LogP contribution in [-0.2, 0) is 9.53 Å². The van der Waals surface area contributed by atoms with E-state index in [1.54, 1.807) is 24.3 Å². The molecule has 0 spiro atoms. The van der Waals surface area contributed by atoms with Gasteiger partial charge in [-0.2, -0.15) is 0 Å². The molecule has 0 saturated carbocycles. The molecule has 0 aromatic rings. The summed E-state index contributed by atoms with van der Waals surface area (Å²) in [5.41, 5.74) is -0.398. The zero-order valence-electron chi connectivity index (χ0n) is 15.2. The lowest BCUT2D eigenvalue weighted by molar-refractivity contribution is -0.148. The van der Waals surface area contributed by atoms with Gasteiger partial charge in [0.05, 0.1) is 0 Å². The van der Waals surface area contributed by atoms with Crippen LogP contribution >= 0.6 is 0 Å². The second kappa shape index (κ2) is 30.9. The molecule has 0 bridgehead atoms. The molecule has 0 N–H and O–H groups in total. The van der Waals surface area contributed by atoms with E-state index >= 15 is 0 Å². The highest BCUT2D eigenvalue weighted by molar-refractivity contribution is 5.81. The van der Waals surface area contributed by atoms with Crippen molar-refractivity contribution in [2.24, 2.45) is 0 Å². The van der Waals surface area contributed by atoms with Gasteiger partial charge in [0, 0.05) is 6.08 Å². The van der Waals surface area contributed by atoms with Crippen molar-refractivity contribution in [1.82, 2.24) is 0 Å². The lowest BCUT2D eigenvalue weighted by atomic mass is 10.2. The van der Waals surface area contributed by atoms with Crippen molar-refractivity contribution >= 4 is 5.97 Å². The van der Waals surface area contributed by atoms with E-state index < -0.39 is 5.60 Å². The fourth-order valence-corrected chi connectivity index (χ4v) is 0.343. The van der Waals surface area contributed by atoms with Gasteiger partial charge in [0.15, 0.2) is 0 Å². The molecular weight excluding hydrogens is 260 g/mol. The van der Waals surface area contributed by atoms with Gasteiger partial charge in [0.1, 0.15) is 5.60 Å². The molecule has 0 heterocycles. The Kier molecular flexibility index (Phi) is 46.4. The normalized spacial score (nSPS) is 7.00. The third kappa shape index (κ3) is 178. The molecule has 2 nitrogen and oxygen atoms in total. The van der Waals surface area contributed by atoms with E-state index in [4.69, 9.17) is 4.74 Å². The van der Waals surface area contributed by atoms with Gasteiger partial charge in [-0.25, -0.2) is 4.79 Å². The van der Waals surface area contributed by atoms with Crippen LogP contribution in [-0.4, -0.2) is 11.6 Å². The van der Waals surface area contributed by atoms with E-state index in [9.17, 15) is 4.79 Å². The van der Waals surface area contributed by atoms with E-state index in [1.165, 1.54) is 0 Å². The van der Waals surface area contributed by atoms with Crippen LogP contribution in [0.3, 0.4) is 0 Å². The molecule has 21 heavy (non-hydrogen) atoms. The van der Waals surface area contributed by atoms with Crippen molar-refractivity contribution in [2.75, 3.05) is 0 Å². The first-order chi connectivity index (χ1) is 9.61. The molecule has 124 valence electrons. The highest BCUT2D eigenvalue weighted by Gasteiger charge is 2.12. The van der Waals surface area contributed by atoms with Crippen LogP contribution in [0.4, 0.5) is 0 Å². The van der Waals surface area contributed by atoms with E-state index in [0.29, 0.717) is 0 Å². The van der Waals surface area contributed by atoms with Gasteiger partial charge in [-0.1, -0.05) is 30.9 Å².